The van der Waals surface area contributed by atoms with Gasteiger partial charge < -0.3 is 5.73 Å². The SMILES string of the molecule is Nc1cc(Sc2ccc([N+](=O)[O-])cc2)ccc1[N+](=O)[O-]. The third-order valence-electron chi connectivity index (χ3n) is 2.48. The molecule has 8 heteroatoms. The van der Waals surface area contributed by atoms with E-state index in [1.165, 1.54) is 36.0 Å². The van der Waals surface area contributed by atoms with E-state index in [2.05, 4.69) is 0 Å². The zero-order valence-corrected chi connectivity index (χ0v) is 10.9. The van der Waals surface area contributed by atoms with Gasteiger partial charge in [-0.05, 0) is 24.3 Å². The van der Waals surface area contributed by atoms with Gasteiger partial charge in [-0.25, -0.2) is 0 Å². The van der Waals surface area contributed by atoms with E-state index in [0.717, 1.165) is 9.79 Å². The Morgan fingerprint density at radius 3 is 2.00 bits per heavy atom. The lowest BCUT2D eigenvalue weighted by atomic mass is 10.3. The fourth-order valence-corrected chi connectivity index (χ4v) is 2.40. The molecular formula is C12H9N3O4S. The van der Waals surface area contributed by atoms with E-state index in [-0.39, 0.29) is 17.1 Å². The molecule has 0 atom stereocenters. The Labute approximate surface area is 117 Å². The largest absolute Gasteiger partial charge is 0.393 e. The molecule has 0 saturated carbocycles. The van der Waals surface area contributed by atoms with Gasteiger partial charge in [0.1, 0.15) is 5.69 Å². The van der Waals surface area contributed by atoms with Crippen molar-refractivity contribution < 1.29 is 9.85 Å². The zero-order chi connectivity index (χ0) is 14.7. The predicted molar refractivity (Wildman–Crippen MR) is 74.7 cm³/mol. The summed E-state index contributed by atoms with van der Waals surface area (Å²) < 4.78 is 0. The Hall–Kier alpha value is -2.61. The number of nitrogens with two attached hydrogens (primary N) is 1. The summed E-state index contributed by atoms with van der Waals surface area (Å²) in [6.45, 7) is 0. The number of rotatable bonds is 4. The quantitative estimate of drug-likeness (QED) is 0.525. The third-order valence-corrected chi connectivity index (χ3v) is 3.48. The first-order valence-corrected chi connectivity index (χ1v) is 6.25. The van der Waals surface area contributed by atoms with Crippen LogP contribution in [0.25, 0.3) is 0 Å². The summed E-state index contributed by atoms with van der Waals surface area (Å²) in [6.07, 6.45) is 0. The number of nitrogens with zero attached hydrogens (tertiary/aromatic N) is 2. The van der Waals surface area contributed by atoms with Crippen LogP contribution in [0.4, 0.5) is 17.1 Å². The predicted octanol–water partition coefficient (Wildman–Crippen LogP) is 3.24. The lowest BCUT2D eigenvalue weighted by Gasteiger charge is -2.03. The van der Waals surface area contributed by atoms with Crippen molar-refractivity contribution >= 4 is 28.8 Å². The van der Waals surface area contributed by atoms with Gasteiger partial charge in [0, 0.05) is 28.0 Å². The van der Waals surface area contributed by atoms with Crippen molar-refractivity contribution in [1.82, 2.24) is 0 Å². The van der Waals surface area contributed by atoms with E-state index >= 15 is 0 Å². The van der Waals surface area contributed by atoms with Gasteiger partial charge in [0.15, 0.2) is 0 Å². The molecule has 2 aromatic carbocycles. The van der Waals surface area contributed by atoms with Crippen LogP contribution in [0.1, 0.15) is 0 Å². The Bertz CT molecular complexity index is 673. The number of benzene rings is 2. The molecule has 20 heavy (non-hydrogen) atoms. The standard InChI is InChI=1S/C12H9N3O4S/c13-11-7-10(5-6-12(11)15(18)19)20-9-3-1-8(2-4-9)14(16)17/h1-7H,13H2. The second-order valence-electron chi connectivity index (χ2n) is 3.83. The van der Waals surface area contributed by atoms with Crippen LogP contribution in [-0.4, -0.2) is 9.85 Å². The Kier molecular flexibility index (Phi) is 3.85. The van der Waals surface area contributed by atoms with Gasteiger partial charge >= 0.3 is 0 Å². The maximum absolute atomic E-state index is 10.6. The van der Waals surface area contributed by atoms with Crippen LogP contribution in [-0.2, 0) is 0 Å². The Morgan fingerprint density at radius 2 is 1.50 bits per heavy atom. The normalized spacial score (nSPS) is 10.2. The van der Waals surface area contributed by atoms with Crippen LogP contribution >= 0.6 is 11.8 Å². The van der Waals surface area contributed by atoms with Gasteiger partial charge in [0.25, 0.3) is 11.4 Å². The highest BCUT2D eigenvalue weighted by atomic mass is 32.2. The van der Waals surface area contributed by atoms with Crippen molar-refractivity contribution in [3.05, 3.63) is 62.7 Å². The number of nitro benzene ring substituents is 2. The highest BCUT2D eigenvalue weighted by molar-refractivity contribution is 7.99. The number of non-ortho nitro benzene ring substituents is 1. The van der Waals surface area contributed by atoms with Gasteiger partial charge in [0.05, 0.1) is 9.85 Å². The smallest absolute Gasteiger partial charge is 0.292 e. The first-order chi connectivity index (χ1) is 9.47. The molecule has 0 aromatic heterocycles. The molecule has 102 valence electrons. The molecule has 7 nitrogen and oxygen atoms in total. The van der Waals surface area contributed by atoms with Crippen LogP contribution in [0.2, 0.25) is 0 Å². The van der Waals surface area contributed by atoms with Crippen molar-refractivity contribution in [2.24, 2.45) is 0 Å². The summed E-state index contributed by atoms with van der Waals surface area (Å²) >= 11 is 1.32. The molecule has 0 unspecified atom stereocenters. The average molecular weight is 291 g/mol. The average Bonchev–Trinajstić information content (AvgIpc) is 2.39. The van der Waals surface area contributed by atoms with Crippen molar-refractivity contribution in [3.8, 4) is 0 Å². The van der Waals surface area contributed by atoms with Crippen LogP contribution in [0.15, 0.2) is 52.3 Å². The van der Waals surface area contributed by atoms with Crippen molar-refractivity contribution in [2.45, 2.75) is 9.79 Å². The molecule has 0 aliphatic carbocycles. The molecule has 2 rings (SSSR count). The van der Waals surface area contributed by atoms with E-state index in [1.54, 1.807) is 18.2 Å². The van der Waals surface area contributed by atoms with Crippen LogP contribution < -0.4 is 5.73 Å². The molecule has 0 heterocycles. The minimum Gasteiger partial charge on any atom is -0.393 e. The van der Waals surface area contributed by atoms with E-state index in [9.17, 15) is 20.2 Å². The summed E-state index contributed by atoms with van der Waals surface area (Å²) in [5.41, 5.74) is 5.55. The highest BCUT2D eigenvalue weighted by Gasteiger charge is 2.12. The van der Waals surface area contributed by atoms with E-state index in [1.807, 2.05) is 0 Å². The van der Waals surface area contributed by atoms with E-state index < -0.39 is 9.85 Å². The monoisotopic (exact) mass is 291 g/mol. The number of hydrogen-bond acceptors (Lipinski definition) is 6. The molecule has 0 amide bonds. The molecule has 0 aliphatic heterocycles. The maximum Gasteiger partial charge on any atom is 0.292 e. The molecular weight excluding hydrogens is 282 g/mol. The summed E-state index contributed by atoms with van der Waals surface area (Å²) in [7, 11) is 0. The lowest BCUT2D eigenvalue weighted by Crippen LogP contribution is -1.95. The number of anilines is 1. The van der Waals surface area contributed by atoms with Crippen molar-refractivity contribution in [3.63, 3.8) is 0 Å². The Morgan fingerprint density at radius 1 is 0.900 bits per heavy atom. The van der Waals surface area contributed by atoms with Crippen LogP contribution in [0.3, 0.4) is 0 Å². The van der Waals surface area contributed by atoms with Gasteiger partial charge in [-0.3, -0.25) is 20.2 Å². The number of nitro groups is 2. The molecule has 2 N–H and O–H groups in total. The highest BCUT2D eigenvalue weighted by Crippen LogP contribution is 2.33. The van der Waals surface area contributed by atoms with Crippen LogP contribution in [0, 0.1) is 20.2 Å². The third kappa shape index (κ3) is 3.04. The topological polar surface area (TPSA) is 112 Å². The molecule has 0 aliphatic rings. The number of nitrogen functional groups attached to an aromatic ring is 1. The van der Waals surface area contributed by atoms with Gasteiger partial charge in [-0.2, -0.15) is 0 Å². The Balaban J connectivity index is 2.19. The van der Waals surface area contributed by atoms with Gasteiger partial charge in [-0.15, -0.1) is 0 Å². The zero-order valence-electron chi connectivity index (χ0n) is 10.1. The van der Waals surface area contributed by atoms with E-state index in [4.69, 9.17) is 5.73 Å². The lowest BCUT2D eigenvalue weighted by molar-refractivity contribution is -0.384. The minimum absolute atomic E-state index is 0.0116. The minimum atomic E-state index is -0.546. The van der Waals surface area contributed by atoms with Crippen molar-refractivity contribution in [1.29, 1.82) is 0 Å². The first-order valence-electron chi connectivity index (χ1n) is 5.43. The van der Waals surface area contributed by atoms with Crippen LogP contribution in [0.5, 0.6) is 0 Å². The molecule has 2 aromatic rings. The fourth-order valence-electron chi connectivity index (χ4n) is 1.53. The fraction of sp³-hybridized carbons (Fsp3) is 0. The van der Waals surface area contributed by atoms with E-state index in [0.29, 0.717) is 0 Å². The molecule has 0 bridgehead atoms. The number of hydrogen-bond donors (Lipinski definition) is 1. The second-order valence-corrected chi connectivity index (χ2v) is 4.98. The summed E-state index contributed by atoms with van der Waals surface area (Å²) in [5, 5.41) is 21.2. The first kappa shape index (κ1) is 13.8. The van der Waals surface area contributed by atoms with Crippen molar-refractivity contribution in [2.75, 3.05) is 5.73 Å². The second kappa shape index (κ2) is 5.57. The molecule has 0 spiro atoms. The maximum atomic E-state index is 10.6. The summed E-state index contributed by atoms with van der Waals surface area (Å²) in [4.78, 5) is 21.7. The van der Waals surface area contributed by atoms with Gasteiger partial charge in [0.2, 0.25) is 0 Å². The molecule has 0 saturated heterocycles. The molecule has 0 fully saturated rings. The summed E-state index contributed by atoms with van der Waals surface area (Å²) in [6, 6.07) is 10.4. The summed E-state index contributed by atoms with van der Waals surface area (Å²) in [5.74, 6) is 0. The molecule has 0 radical (unpaired) electrons. The van der Waals surface area contributed by atoms with Gasteiger partial charge in [-0.1, -0.05) is 11.8 Å².